The van der Waals surface area contributed by atoms with Gasteiger partial charge in [0.1, 0.15) is 10.8 Å². The standard InChI is InChI=1S/C13H9BrClNO3/c1-7-2-3-9(14)5-11(7)19-12-10(15)4-8(6-16-12)13(17)18/h2-6H,1H3,(H,17,18). The van der Waals surface area contributed by atoms with Crippen molar-refractivity contribution < 1.29 is 14.6 Å². The SMILES string of the molecule is Cc1ccc(Br)cc1Oc1ncc(C(=O)O)cc1Cl. The number of hydrogen-bond acceptors (Lipinski definition) is 3. The Morgan fingerprint density at radius 1 is 1.42 bits per heavy atom. The van der Waals surface area contributed by atoms with Crippen molar-refractivity contribution in [2.75, 3.05) is 0 Å². The van der Waals surface area contributed by atoms with Crippen LogP contribution in [0.25, 0.3) is 0 Å². The molecule has 2 aromatic rings. The highest BCUT2D eigenvalue weighted by atomic mass is 79.9. The largest absolute Gasteiger partial charge is 0.478 e. The van der Waals surface area contributed by atoms with Gasteiger partial charge >= 0.3 is 5.97 Å². The molecule has 1 aromatic carbocycles. The maximum absolute atomic E-state index is 10.8. The van der Waals surface area contributed by atoms with E-state index >= 15 is 0 Å². The van der Waals surface area contributed by atoms with Crippen molar-refractivity contribution in [1.82, 2.24) is 4.98 Å². The van der Waals surface area contributed by atoms with E-state index in [4.69, 9.17) is 21.4 Å². The van der Waals surface area contributed by atoms with Crippen molar-refractivity contribution in [3.8, 4) is 11.6 Å². The first-order valence-electron chi connectivity index (χ1n) is 5.30. The molecule has 4 nitrogen and oxygen atoms in total. The summed E-state index contributed by atoms with van der Waals surface area (Å²) < 4.78 is 6.46. The number of carbonyl (C=O) groups is 1. The molecule has 2 rings (SSSR count). The summed E-state index contributed by atoms with van der Waals surface area (Å²) in [6.07, 6.45) is 1.21. The lowest BCUT2D eigenvalue weighted by atomic mass is 10.2. The van der Waals surface area contributed by atoms with E-state index in [9.17, 15) is 4.79 Å². The monoisotopic (exact) mass is 341 g/mol. The van der Waals surface area contributed by atoms with Crippen molar-refractivity contribution in [3.05, 3.63) is 51.1 Å². The van der Waals surface area contributed by atoms with Gasteiger partial charge in [0.15, 0.2) is 0 Å². The topological polar surface area (TPSA) is 59.4 Å². The summed E-state index contributed by atoms with van der Waals surface area (Å²) in [5.74, 6) is -0.306. The molecule has 1 N–H and O–H groups in total. The smallest absolute Gasteiger partial charge is 0.337 e. The van der Waals surface area contributed by atoms with Crippen LogP contribution >= 0.6 is 27.5 Å². The summed E-state index contributed by atoms with van der Waals surface area (Å²) in [6.45, 7) is 1.89. The molecule has 0 saturated heterocycles. The van der Waals surface area contributed by atoms with Gasteiger partial charge in [-0.25, -0.2) is 9.78 Å². The second-order valence-corrected chi connectivity index (χ2v) is 5.15. The van der Waals surface area contributed by atoms with Crippen LogP contribution < -0.4 is 4.74 Å². The van der Waals surface area contributed by atoms with E-state index in [1.165, 1.54) is 12.3 Å². The van der Waals surface area contributed by atoms with Crippen LogP contribution in [0.1, 0.15) is 15.9 Å². The Morgan fingerprint density at radius 2 is 2.16 bits per heavy atom. The molecule has 0 aliphatic carbocycles. The maximum Gasteiger partial charge on any atom is 0.337 e. The third kappa shape index (κ3) is 3.24. The summed E-state index contributed by atoms with van der Waals surface area (Å²) in [7, 11) is 0. The summed E-state index contributed by atoms with van der Waals surface area (Å²) in [6, 6.07) is 6.88. The predicted octanol–water partition coefficient (Wildman–Crippen LogP) is 4.30. The Labute approximate surface area is 123 Å². The van der Waals surface area contributed by atoms with Gasteiger partial charge < -0.3 is 9.84 Å². The maximum atomic E-state index is 10.8. The number of ether oxygens (including phenoxy) is 1. The van der Waals surface area contributed by atoms with Crippen LogP contribution in [0.4, 0.5) is 0 Å². The van der Waals surface area contributed by atoms with Crippen LogP contribution in [0.5, 0.6) is 11.6 Å². The van der Waals surface area contributed by atoms with Crippen LogP contribution in [-0.4, -0.2) is 16.1 Å². The van der Waals surface area contributed by atoms with Crippen LogP contribution in [-0.2, 0) is 0 Å². The van der Waals surface area contributed by atoms with Gasteiger partial charge in [-0.15, -0.1) is 0 Å². The van der Waals surface area contributed by atoms with Gasteiger partial charge in [-0.2, -0.15) is 0 Å². The van der Waals surface area contributed by atoms with Crippen LogP contribution in [0.15, 0.2) is 34.9 Å². The Kier molecular flexibility index (Phi) is 4.07. The summed E-state index contributed by atoms with van der Waals surface area (Å²) in [4.78, 5) is 14.7. The molecular formula is C13H9BrClNO3. The average Bonchev–Trinajstić information content (AvgIpc) is 2.36. The molecule has 6 heteroatoms. The second-order valence-electron chi connectivity index (χ2n) is 3.83. The molecule has 98 valence electrons. The van der Waals surface area contributed by atoms with E-state index in [-0.39, 0.29) is 16.5 Å². The van der Waals surface area contributed by atoms with Gasteiger partial charge in [0.2, 0.25) is 5.88 Å². The third-order valence-corrected chi connectivity index (χ3v) is 3.18. The van der Waals surface area contributed by atoms with Crippen molar-refractivity contribution in [1.29, 1.82) is 0 Å². The Hall–Kier alpha value is -1.59. The molecular weight excluding hydrogens is 334 g/mol. The van der Waals surface area contributed by atoms with E-state index in [1.807, 2.05) is 19.1 Å². The van der Waals surface area contributed by atoms with E-state index in [2.05, 4.69) is 20.9 Å². The Bertz CT molecular complexity index is 646. The number of rotatable bonds is 3. The number of hydrogen-bond donors (Lipinski definition) is 1. The lowest BCUT2D eigenvalue weighted by Crippen LogP contribution is -1.99. The lowest BCUT2D eigenvalue weighted by molar-refractivity contribution is 0.0696. The summed E-state index contributed by atoms with van der Waals surface area (Å²) in [5, 5.41) is 8.98. The minimum atomic E-state index is -1.08. The highest BCUT2D eigenvalue weighted by Crippen LogP contribution is 2.31. The number of carboxylic acid groups (broad SMARTS) is 1. The Balaban J connectivity index is 2.33. The molecule has 0 fully saturated rings. The van der Waals surface area contributed by atoms with Crippen molar-refractivity contribution >= 4 is 33.5 Å². The molecule has 0 aliphatic rings. The first-order valence-corrected chi connectivity index (χ1v) is 6.47. The third-order valence-electron chi connectivity index (χ3n) is 2.41. The number of nitrogens with zero attached hydrogens (tertiary/aromatic N) is 1. The first kappa shape index (κ1) is 13.8. The van der Waals surface area contributed by atoms with E-state index < -0.39 is 5.97 Å². The van der Waals surface area contributed by atoms with E-state index in [0.717, 1.165) is 10.0 Å². The number of aromatic nitrogens is 1. The van der Waals surface area contributed by atoms with Crippen molar-refractivity contribution in [2.24, 2.45) is 0 Å². The fourth-order valence-electron chi connectivity index (χ4n) is 1.41. The van der Waals surface area contributed by atoms with E-state index in [0.29, 0.717) is 5.75 Å². The normalized spacial score (nSPS) is 10.3. The second kappa shape index (κ2) is 5.59. The minimum Gasteiger partial charge on any atom is -0.478 e. The zero-order valence-electron chi connectivity index (χ0n) is 9.85. The number of aryl methyl sites for hydroxylation is 1. The van der Waals surface area contributed by atoms with E-state index in [1.54, 1.807) is 6.07 Å². The molecule has 0 bridgehead atoms. The zero-order valence-corrected chi connectivity index (χ0v) is 12.2. The number of aromatic carboxylic acids is 1. The highest BCUT2D eigenvalue weighted by Gasteiger charge is 2.11. The summed E-state index contributed by atoms with van der Waals surface area (Å²) >= 11 is 9.30. The van der Waals surface area contributed by atoms with Gasteiger partial charge in [-0.05, 0) is 30.7 Å². The quantitative estimate of drug-likeness (QED) is 0.903. The molecule has 0 spiro atoms. The molecule has 1 aromatic heterocycles. The molecule has 0 amide bonds. The van der Waals surface area contributed by atoms with Gasteiger partial charge in [0, 0.05) is 10.7 Å². The highest BCUT2D eigenvalue weighted by molar-refractivity contribution is 9.10. The van der Waals surface area contributed by atoms with Crippen molar-refractivity contribution in [2.45, 2.75) is 6.92 Å². The minimum absolute atomic E-state index is 0.0170. The molecule has 0 saturated carbocycles. The lowest BCUT2D eigenvalue weighted by Gasteiger charge is -2.09. The molecule has 1 heterocycles. The number of halogens is 2. The van der Waals surface area contributed by atoms with Gasteiger partial charge in [0.05, 0.1) is 5.56 Å². The predicted molar refractivity (Wildman–Crippen MR) is 75.2 cm³/mol. The average molecular weight is 343 g/mol. The molecule has 0 atom stereocenters. The van der Waals surface area contributed by atoms with Crippen LogP contribution in [0.3, 0.4) is 0 Å². The molecule has 0 radical (unpaired) electrons. The summed E-state index contributed by atoms with van der Waals surface area (Å²) in [5.41, 5.74) is 0.937. The number of carboxylic acids is 1. The number of pyridine rings is 1. The number of benzene rings is 1. The first-order chi connectivity index (χ1) is 8.97. The fourth-order valence-corrected chi connectivity index (χ4v) is 1.95. The van der Waals surface area contributed by atoms with Gasteiger partial charge in [-0.3, -0.25) is 0 Å². The molecule has 0 aliphatic heterocycles. The van der Waals surface area contributed by atoms with Crippen LogP contribution in [0.2, 0.25) is 5.02 Å². The zero-order chi connectivity index (χ0) is 14.0. The fraction of sp³-hybridized carbons (Fsp3) is 0.0769. The Morgan fingerprint density at radius 3 is 2.79 bits per heavy atom. The van der Waals surface area contributed by atoms with Gasteiger partial charge in [0.25, 0.3) is 0 Å². The van der Waals surface area contributed by atoms with Crippen LogP contribution in [0, 0.1) is 6.92 Å². The molecule has 19 heavy (non-hydrogen) atoms. The van der Waals surface area contributed by atoms with Crippen molar-refractivity contribution in [3.63, 3.8) is 0 Å². The van der Waals surface area contributed by atoms with Gasteiger partial charge in [-0.1, -0.05) is 33.6 Å². The molecule has 0 unspecified atom stereocenters.